The number of nitrogens with zero attached hydrogens (tertiary/aromatic N) is 3. The van der Waals surface area contributed by atoms with Crippen LogP contribution in [0, 0.1) is 11.6 Å². The van der Waals surface area contributed by atoms with E-state index in [0.29, 0.717) is 23.7 Å². The minimum Gasteiger partial charge on any atom is -0.480 e. The summed E-state index contributed by atoms with van der Waals surface area (Å²) in [6.07, 6.45) is -6.02. The maximum Gasteiger partial charge on any atom is 0.425 e. The van der Waals surface area contributed by atoms with Crippen molar-refractivity contribution in [1.82, 2.24) is 14.3 Å². The van der Waals surface area contributed by atoms with Crippen LogP contribution in [0.2, 0.25) is 5.02 Å². The first kappa shape index (κ1) is 26.9. The van der Waals surface area contributed by atoms with Crippen LogP contribution in [0.25, 0.3) is 5.69 Å². The van der Waals surface area contributed by atoms with E-state index in [-0.39, 0.29) is 17.4 Å². The number of hydrogen-bond acceptors (Lipinski definition) is 5. The van der Waals surface area contributed by atoms with Gasteiger partial charge in [-0.05, 0) is 25.1 Å². The summed E-state index contributed by atoms with van der Waals surface area (Å²) in [5, 5.41) is 15.1. The molecule has 0 saturated carbocycles. The number of benzene rings is 2. The third-order valence-corrected chi connectivity index (χ3v) is 5.19. The second-order valence-electron chi connectivity index (χ2n) is 7.32. The van der Waals surface area contributed by atoms with Crippen molar-refractivity contribution in [2.75, 3.05) is 5.32 Å². The van der Waals surface area contributed by atoms with E-state index >= 15 is 4.39 Å². The summed E-state index contributed by atoms with van der Waals surface area (Å²) < 4.78 is 75.2. The molecule has 0 aliphatic rings. The lowest BCUT2D eigenvalue weighted by atomic mass is 10.1. The van der Waals surface area contributed by atoms with Crippen molar-refractivity contribution in [1.29, 1.82) is 0 Å². The third kappa shape index (κ3) is 5.41. The average molecular weight is 533 g/mol. The van der Waals surface area contributed by atoms with Gasteiger partial charge in [-0.25, -0.2) is 13.6 Å². The van der Waals surface area contributed by atoms with Gasteiger partial charge in [0, 0.05) is 12.6 Å². The number of para-hydroxylation sites is 1. The molecule has 3 rings (SSSR count). The molecular weight excluding hydrogens is 515 g/mol. The van der Waals surface area contributed by atoms with Gasteiger partial charge in [0.1, 0.15) is 29.7 Å². The number of aromatic nitrogens is 3. The second-order valence-corrected chi connectivity index (χ2v) is 7.73. The Balaban J connectivity index is 2.16. The highest BCUT2D eigenvalue weighted by atomic mass is 35.5. The first-order valence-electron chi connectivity index (χ1n) is 10.1. The van der Waals surface area contributed by atoms with Crippen LogP contribution in [-0.2, 0) is 13.2 Å². The van der Waals surface area contributed by atoms with Gasteiger partial charge in [-0.3, -0.25) is 9.36 Å². The Morgan fingerprint density at radius 1 is 1.31 bits per heavy atom. The molecule has 0 fully saturated rings. The zero-order chi connectivity index (χ0) is 26.8. The number of ether oxygens (including phenoxy) is 1. The van der Waals surface area contributed by atoms with Crippen LogP contribution in [0.5, 0.6) is 5.75 Å². The zero-order valence-corrected chi connectivity index (χ0v) is 19.2. The number of amides is 1. The highest BCUT2D eigenvalue weighted by Crippen LogP contribution is 2.32. The average Bonchev–Trinajstić information content (AvgIpc) is 3.12. The van der Waals surface area contributed by atoms with Crippen LogP contribution < -0.4 is 15.7 Å². The minimum atomic E-state index is -4.87. The van der Waals surface area contributed by atoms with E-state index < -0.39 is 64.8 Å². The molecule has 36 heavy (non-hydrogen) atoms. The predicted octanol–water partition coefficient (Wildman–Crippen LogP) is 4.23. The highest BCUT2D eigenvalue weighted by Gasteiger charge is 2.39. The van der Waals surface area contributed by atoms with Crippen LogP contribution in [0.3, 0.4) is 0 Å². The number of nitrogens with one attached hydrogen (secondary N) is 1. The van der Waals surface area contributed by atoms with Crippen LogP contribution in [-0.4, -0.2) is 37.6 Å². The van der Waals surface area contributed by atoms with Gasteiger partial charge in [0.05, 0.1) is 16.3 Å². The number of rotatable bonds is 8. The van der Waals surface area contributed by atoms with Gasteiger partial charge < -0.3 is 15.2 Å². The Morgan fingerprint density at radius 2 is 2.00 bits per heavy atom. The Kier molecular flexibility index (Phi) is 7.84. The molecule has 8 nitrogen and oxygen atoms in total. The Bertz CT molecular complexity index is 1350. The van der Waals surface area contributed by atoms with E-state index in [1.165, 1.54) is 18.2 Å². The zero-order valence-electron chi connectivity index (χ0n) is 18.4. The molecule has 1 atom stereocenters. The van der Waals surface area contributed by atoms with Gasteiger partial charge in [-0.2, -0.15) is 17.9 Å². The van der Waals surface area contributed by atoms with Crippen LogP contribution in [0.15, 0.2) is 47.8 Å². The Morgan fingerprint density at radius 3 is 2.58 bits per heavy atom. The maximum atomic E-state index is 15.1. The van der Waals surface area contributed by atoms with E-state index in [9.17, 15) is 32.3 Å². The van der Waals surface area contributed by atoms with Gasteiger partial charge in [0.15, 0.2) is 11.9 Å². The van der Waals surface area contributed by atoms with Crippen molar-refractivity contribution < 1.29 is 36.6 Å². The molecule has 0 aliphatic heterocycles. The molecule has 3 aromatic rings. The summed E-state index contributed by atoms with van der Waals surface area (Å²) in [4.78, 5) is 25.5. The molecule has 2 N–H and O–H groups in total. The molecule has 0 saturated heterocycles. The predicted molar refractivity (Wildman–Crippen MR) is 119 cm³/mol. The standard InChI is InChI=1S/C22H18ClF5N4O4/c1-3-7-31-18(10-33)30-32(21(31)35)16-9-17(36-11(2)22(26,27)28)12(8-15(16)25)20(34)29-19-13(23)5-4-6-14(19)24/h3-6,8-9,11,33H,1,7,10H2,2H3,(H,29,34). The summed E-state index contributed by atoms with van der Waals surface area (Å²) in [7, 11) is 0. The van der Waals surface area contributed by atoms with Crippen molar-refractivity contribution in [2.45, 2.75) is 32.4 Å². The first-order valence-corrected chi connectivity index (χ1v) is 10.5. The van der Waals surface area contributed by atoms with Crippen molar-refractivity contribution in [3.63, 3.8) is 0 Å². The van der Waals surface area contributed by atoms with Gasteiger partial charge in [-0.1, -0.05) is 23.7 Å². The number of carbonyl (C=O) groups is 1. The fourth-order valence-corrected chi connectivity index (χ4v) is 3.27. The fraction of sp³-hybridized carbons (Fsp3) is 0.227. The lowest BCUT2D eigenvalue weighted by Crippen LogP contribution is -2.32. The number of allylic oxidation sites excluding steroid dienone is 1. The molecule has 1 heterocycles. The Hall–Kier alpha value is -3.71. The molecule has 1 aromatic heterocycles. The fourth-order valence-electron chi connectivity index (χ4n) is 3.06. The molecule has 0 bridgehead atoms. The Labute approximate surface area is 205 Å². The van der Waals surface area contributed by atoms with E-state index in [1.807, 2.05) is 0 Å². The summed E-state index contributed by atoms with van der Waals surface area (Å²) in [6, 6.07) is 4.65. The number of aliphatic hydroxyl groups is 1. The second kappa shape index (κ2) is 10.5. The molecular formula is C22H18ClF5N4O4. The van der Waals surface area contributed by atoms with E-state index in [1.54, 1.807) is 0 Å². The lowest BCUT2D eigenvalue weighted by Gasteiger charge is -2.20. The van der Waals surface area contributed by atoms with Crippen molar-refractivity contribution >= 4 is 23.2 Å². The number of anilines is 1. The summed E-state index contributed by atoms with van der Waals surface area (Å²) >= 11 is 5.87. The number of hydrogen-bond donors (Lipinski definition) is 2. The molecule has 0 aliphatic carbocycles. The molecule has 2 aromatic carbocycles. The van der Waals surface area contributed by atoms with E-state index in [2.05, 4.69) is 17.0 Å². The molecule has 0 radical (unpaired) electrons. The number of carbonyl (C=O) groups excluding carboxylic acids is 1. The largest absolute Gasteiger partial charge is 0.480 e. The SMILES string of the molecule is C=CCn1c(CO)nn(-c2cc(OC(C)C(F)(F)F)c(C(=O)Nc3c(F)cccc3Cl)cc2F)c1=O. The minimum absolute atomic E-state index is 0.102. The summed E-state index contributed by atoms with van der Waals surface area (Å²) in [5.74, 6) is -4.40. The van der Waals surface area contributed by atoms with E-state index in [0.717, 1.165) is 10.6 Å². The molecule has 192 valence electrons. The maximum absolute atomic E-state index is 15.1. The smallest absolute Gasteiger partial charge is 0.425 e. The van der Waals surface area contributed by atoms with Gasteiger partial charge in [-0.15, -0.1) is 11.7 Å². The topological polar surface area (TPSA) is 98.4 Å². The number of halogens is 6. The van der Waals surface area contributed by atoms with Gasteiger partial charge in [0.25, 0.3) is 5.91 Å². The third-order valence-electron chi connectivity index (χ3n) is 4.88. The van der Waals surface area contributed by atoms with Gasteiger partial charge >= 0.3 is 11.9 Å². The van der Waals surface area contributed by atoms with Crippen molar-refractivity contribution in [3.05, 3.63) is 81.5 Å². The van der Waals surface area contributed by atoms with Crippen molar-refractivity contribution in [2.24, 2.45) is 0 Å². The number of aliphatic hydroxyl groups excluding tert-OH is 1. The highest BCUT2D eigenvalue weighted by molar-refractivity contribution is 6.34. The molecule has 14 heteroatoms. The summed E-state index contributed by atoms with van der Waals surface area (Å²) in [6.45, 7) is 3.29. The monoisotopic (exact) mass is 532 g/mol. The quantitative estimate of drug-likeness (QED) is 0.334. The van der Waals surface area contributed by atoms with Crippen LogP contribution >= 0.6 is 11.6 Å². The van der Waals surface area contributed by atoms with Crippen molar-refractivity contribution in [3.8, 4) is 11.4 Å². The van der Waals surface area contributed by atoms with Gasteiger partial charge in [0.2, 0.25) is 0 Å². The van der Waals surface area contributed by atoms with Crippen LogP contribution in [0.4, 0.5) is 27.6 Å². The normalized spacial score (nSPS) is 12.3. The molecule has 1 amide bonds. The molecule has 1 unspecified atom stereocenters. The number of alkyl halides is 3. The summed E-state index contributed by atoms with van der Waals surface area (Å²) in [5.41, 5.74) is -2.84. The first-order chi connectivity index (χ1) is 16.9. The molecule has 0 spiro atoms. The van der Waals surface area contributed by atoms with E-state index in [4.69, 9.17) is 16.3 Å². The van der Waals surface area contributed by atoms with Crippen LogP contribution in [0.1, 0.15) is 23.1 Å². The lowest BCUT2D eigenvalue weighted by molar-refractivity contribution is -0.189.